The minimum absolute atomic E-state index is 0.0717. The predicted molar refractivity (Wildman–Crippen MR) is 87.5 cm³/mol. The first-order chi connectivity index (χ1) is 9.88. The molecule has 1 saturated heterocycles. The van der Waals surface area contributed by atoms with Gasteiger partial charge in [-0.2, -0.15) is 0 Å². The molecule has 21 heavy (non-hydrogen) atoms. The molecule has 0 saturated carbocycles. The van der Waals surface area contributed by atoms with Crippen LogP contribution in [0, 0.1) is 5.92 Å². The zero-order chi connectivity index (χ0) is 15.6. The Bertz CT molecular complexity index is 563. The Labute approximate surface area is 138 Å². The molecule has 4 nitrogen and oxygen atoms in total. The van der Waals surface area contributed by atoms with Gasteiger partial charge in [0.05, 0.1) is 5.69 Å². The first-order valence-electron chi connectivity index (χ1n) is 6.94. The molecular weight excluding hydrogens is 356 g/mol. The third-order valence-electron chi connectivity index (χ3n) is 3.37. The minimum Gasteiger partial charge on any atom is -0.344 e. The molecule has 1 fully saturated rings. The van der Waals surface area contributed by atoms with Gasteiger partial charge < -0.3 is 10.2 Å². The number of halogens is 2. The molecule has 1 aliphatic heterocycles. The van der Waals surface area contributed by atoms with E-state index in [1.807, 2.05) is 13.8 Å². The Balaban J connectivity index is 2.32. The molecule has 2 rings (SSSR count). The second-order valence-electron chi connectivity index (χ2n) is 5.59. The van der Waals surface area contributed by atoms with Gasteiger partial charge in [-0.05, 0) is 46.5 Å². The first-order valence-corrected chi connectivity index (χ1v) is 8.11. The second-order valence-corrected chi connectivity index (χ2v) is 6.88. The number of nitrogens with one attached hydrogen (secondary N) is 1. The normalized spacial score (nSPS) is 19.7. The summed E-state index contributed by atoms with van der Waals surface area (Å²) in [6, 6.07) is 4.82. The summed E-state index contributed by atoms with van der Waals surface area (Å²) in [6.07, 6.45) is 0.932. The molecule has 1 atom stereocenters. The lowest BCUT2D eigenvalue weighted by Gasteiger charge is -2.26. The SMILES string of the molecule is CC(C)CC1NC(=O)CCN(c2ccc(Cl)cc2Br)C1=O. The number of hydrogen-bond acceptors (Lipinski definition) is 2. The van der Waals surface area contributed by atoms with Gasteiger partial charge in [0, 0.05) is 22.5 Å². The highest BCUT2D eigenvalue weighted by Gasteiger charge is 2.31. The molecule has 1 N–H and O–H groups in total. The summed E-state index contributed by atoms with van der Waals surface area (Å²) in [5.74, 6) is 0.173. The number of hydrogen-bond donors (Lipinski definition) is 1. The highest BCUT2D eigenvalue weighted by atomic mass is 79.9. The average molecular weight is 374 g/mol. The minimum atomic E-state index is -0.470. The van der Waals surface area contributed by atoms with Gasteiger partial charge in [-0.25, -0.2) is 0 Å². The van der Waals surface area contributed by atoms with Crippen LogP contribution >= 0.6 is 27.5 Å². The quantitative estimate of drug-likeness (QED) is 0.883. The Morgan fingerprint density at radius 1 is 1.43 bits per heavy atom. The number of anilines is 1. The fourth-order valence-corrected chi connectivity index (χ4v) is 3.31. The van der Waals surface area contributed by atoms with E-state index < -0.39 is 6.04 Å². The Morgan fingerprint density at radius 2 is 2.14 bits per heavy atom. The van der Waals surface area contributed by atoms with Gasteiger partial charge in [-0.3, -0.25) is 9.59 Å². The van der Waals surface area contributed by atoms with E-state index in [-0.39, 0.29) is 11.8 Å². The Morgan fingerprint density at radius 3 is 2.76 bits per heavy atom. The van der Waals surface area contributed by atoms with Gasteiger partial charge in [0.15, 0.2) is 0 Å². The van der Waals surface area contributed by atoms with Crippen LogP contribution in [0.3, 0.4) is 0 Å². The van der Waals surface area contributed by atoms with Crippen LogP contribution in [0.25, 0.3) is 0 Å². The zero-order valence-corrected chi connectivity index (χ0v) is 14.4. The van der Waals surface area contributed by atoms with E-state index in [0.29, 0.717) is 30.3 Å². The highest BCUT2D eigenvalue weighted by molar-refractivity contribution is 9.10. The Kier molecular flexibility index (Phi) is 5.27. The van der Waals surface area contributed by atoms with E-state index in [2.05, 4.69) is 21.2 Å². The molecule has 2 amide bonds. The molecule has 1 aromatic rings. The molecule has 114 valence electrons. The van der Waals surface area contributed by atoms with Crippen LogP contribution in [0.15, 0.2) is 22.7 Å². The molecule has 0 bridgehead atoms. The van der Waals surface area contributed by atoms with E-state index >= 15 is 0 Å². The van der Waals surface area contributed by atoms with Crippen LogP contribution in [0.4, 0.5) is 5.69 Å². The van der Waals surface area contributed by atoms with Crippen molar-refractivity contribution in [3.63, 3.8) is 0 Å². The van der Waals surface area contributed by atoms with Gasteiger partial charge in [-0.1, -0.05) is 25.4 Å². The molecule has 0 spiro atoms. The second kappa shape index (κ2) is 6.79. The van der Waals surface area contributed by atoms with Crippen LogP contribution in [-0.4, -0.2) is 24.4 Å². The van der Waals surface area contributed by atoms with E-state index in [1.165, 1.54) is 0 Å². The Hall–Kier alpha value is -1.07. The third-order valence-corrected chi connectivity index (χ3v) is 4.24. The standard InChI is InChI=1S/C15H18BrClN2O2/c1-9(2)7-12-15(21)19(6-5-14(20)18-12)13-4-3-10(17)8-11(13)16/h3-4,8-9,12H,5-7H2,1-2H3,(H,18,20). The first kappa shape index (κ1) is 16.3. The number of carbonyl (C=O) groups is 2. The molecular formula is C15H18BrClN2O2. The largest absolute Gasteiger partial charge is 0.344 e. The third kappa shape index (κ3) is 3.98. The van der Waals surface area contributed by atoms with Crippen molar-refractivity contribution in [2.45, 2.75) is 32.7 Å². The molecule has 1 unspecified atom stereocenters. The maximum atomic E-state index is 12.7. The van der Waals surface area contributed by atoms with E-state index in [1.54, 1.807) is 23.1 Å². The molecule has 0 aromatic heterocycles. The maximum Gasteiger partial charge on any atom is 0.249 e. The van der Waals surface area contributed by atoms with Crippen LogP contribution in [-0.2, 0) is 9.59 Å². The van der Waals surface area contributed by atoms with Crippen molar-refractivity contribution in [1.82, 2.24) is 5.32 Å². The summed E-state index contributed by atoms with van der Waals surface area (Å²) in [7, 11) is 0. The molecule has 1 aromatic carbocycles. The number of benzene rings is 1. The van der Waals surface area contributed by atoms with E-state index in [9.17, 15) is 9.59 Å². The summed E-state index contributed by atoms with van der Waals surface area (Å²) in [6.45, 7) is 4.44. The smallest absolute Gasteiger partial charge is 0.249 e. The van der Waals surface area contributed by atoms with Crippen molar-refractivity contribution in [2.75, 3.05) is 11.4 Å². The number of nitrogens with zero attached hydrogens (tertiary/aromatic N) is 1. The van der Waals surface area contributed by atoms with Crippen molar-refractivity contribution < 1.29 is 9.59 Å². The van der Waals surface area contributed by atoms with Crippen LogP contribution in [0.5, 0.6) is 0 Å². The summed E-state index contributed by atoms with van der Waals surface area (Å²) < 4.78 is 0.751. The summed E-state index contributed by atoms with van der Waals surface area (Å²) in [5, 5.41) is 3.42. The highest BCUT2D eigenvalue weighted by Crippen LogP contribution is 2.30. The van der Waals surface area contributed by atoms with Crippen molar-refractivity contribution in [3.05, 3.63) is 27.7 Å². The number of rotatable bonds is 3. The van der Waals surface area contributed by atoms with Gasteiger partial charge in [0.2, 0.25) is 11.8 Å². The lowest BCUT2D eigenvalue weighted by Crippen LogP contribution is -2.45. The molecule has 1 heterocycles. The van der Waals surface area contributed by atoms with Crippen LogP contribution in [0.2, 0.25) is 5.02 Å². The fourth-order valence-electron chi connectivity index (χ4n) is 2.41. The lowest BCUT2D eigenvalue weighted by molar-refractivity contribution is -0.125. The fraction of sp³-hybridized carbons (Fsp3) is 0.467. The van der Waals surface area contributed by atoms with Gasteiger partial charge >= 0.3 is 0 Å². The van der Waals surface area contributed by atoms with Gasteiger partial charge in [-0.15, -0.1) is 0 Å². The van der Waals surface area contributed by atoms with E-state index in [0.717, 1.165) is 10.2 Å². The lowest BCUT2D eigenvalue weighted by atomic mass is 10.0. The average Bonchev–Trinajstić information content (AvgIpc) is 2.51. The van der Waals surface area contributed by atoms with Crippen molar-refractivity contribution in [2.24, 2.45) is 5.92 Å². The van der Waals surface area contributed by atoms with Gasteiger partial charge in [0.1, 0.15) is 6.04 Å². The van der Waals surface area contributed by atoms with Crippen molar-refractivity contribution >= 4 is 45.0 Å². The topological polar surface area (TPSA) is 49.4 Å². The van der Waals surface area contributed by atoms with Crippen molar-refractivity contribution in [3.8, 4) is 0 Å². The summed E-state index contributed by atoms with van der Waals surface area (Å²) in [5.41, 5.74) is 0.745. The monoisotopic (exact) mass is 372 g/mol. The predicted octanol–water partition coefficient (Wildman–Crippen LogP) is 3.37. The maximum absolute atomic E-state index is 12.7. The van der Waals surface area contributed by atoms with E-state index in [4.69, 9.17) is 11.6 Å². The summed E-state index contributed by atoms with van der Waals surface area (Å²) >= 11 is 9.38. The molecule has 0 aliphatic carbocycles. The number of carbonyl (C=O) groups excluding carboxylic acids is 2. The molecule has 0 radical (unpaired) electrons. The molecule has 1 aliphatic rings. The summed E-state index contributed by atoms with van der Waals surface area (Å²) in [4.78, 5) is 26.2. The number of amides is 2. The van der Waals surface area contributed by atoms with Gasteiger partial charge in [0.25, 0.3) is 0 Å². The molecule has 6 heteroatoms. The zero-order valence-electron chi connectivity index (χ0n) is 12.0. The van der Waals surface area contributed by atoms with Crippen molar-refractivity contribution in [1.29, 1.82) is 0 Å². The van der Waals surface area contributed by atoms with Crippen LogP contribution < -0.4 is 10.2 Å². The van der Waals surface area contributed by atoms with Crippen LogP contribution in [0.1, 0.15) is 26.7 Å².